The van der Waals surface area contributed by atoms with Crippen molar-refractivity contribution in [1.29, 1.82) is 0 Å². The molecule has 3 rings (SSSR count). The number of hydrogen-bond donors (Lipinski definition) is 2. The predicted molar refractivity (Wildman–Crippen MR) is 75.3 cm³/mol. The van der Waals surface area contributed by atoms with Gasteiger partial charge >= 0.3 is 6.18 Å². The molecular formula is C16H18F3NO. The number of benzene rings is 1. The first kappa shape index (κ1) is 14.4. The highest BCUT2D eigenvalue weighted by atomic mass is 19.4. The van der Waals surface area contributed by atoms with Crippen LogP contribution in [0.2, 0.25) is 0 Å². The molecule has 0 aliphatic heterocycles. The summed E-state index contributed by atoms with van der Waals surface area (Å²) in [7, 11) is 0. The SMILES string of the molecule is Cc1[nH]c2cc3c(cc2c1C(C)(O)C(F)(F)F)CCCC3. The van der Waals surface area contributed by atoms with Gasteiger partial charge in [-0.1, -0.05) is 0 Å². The quantitative estimate of drug-likeness (QED) is 0.816. The summed E-state index contributed by atoms with van der Waals surface area (Å²) in [5, 5.41) is 10.5. The van der Waals surface area contributed by atoms with Crippen LogP contribution in [-0.2, 0) is 18.4 Å². The van der Waals surface area contributed by atoms with Gasteiger partial charge in [-0.25, -0.2) is 0 Å². The number of hydrogen-bond acceptors (Lipinski definition) is 1. The van der Waals surface area contributed by atoms with E-state index in [9.17, 15) is 18.3 Å². The van der Waals surface area contributed by atoms with Gasteiger partial charge in [0.1, 0.15) is 0 Å². The lowest BCUT2D eigenvalue weighted by Gasteiger charge is -2.27. The molecule has 2 nitrogen and oxygen atoms in total. The van der Waals surface area contributed by atoms with Crippen LogP contribution in [0.3, 0.4) is 0 Å². The van der Waals surface area contributed by atoms with E-state index in [-0.39, 0.29) is 5.56 Å². The van der Waals surface area contributed by atoms with E-state index in [0.717, 1.165) is 38.2 Å². The molecular weight excluding hydrogens is 279 g/mol. The molecule has 0 bridgehead atoms. The highest BCUT2D eigenvalue weighted by Crippen LogP contribution is 2.43. The molecule has 0 saturated heterocycles. The Kier molecular flexibility index (Phi) is 3.10. The fourth-order valence-corrected chi connectivity index (χ4v) is 3.33. The minimum Gasteiger partial charge on any atom is -0.376 e. The third-order valence-corrected chi connectivity index (χ3v) is 4.49. The van der Waals surface area contributed by atoms with Gasteiger partial charge in [0.25, 0.3) is 0 Å². The normalized spacial score (nSPS) is 18.6. The summed E-state index contributed by atoms with van der Waals surface area (Å²) in [5.41, 5.74) is 0.444. The Hall–Kier alpha value is -1.49. The maximum absolute atomic E-state index is 13.2. The summed E-state index contributed by atoms with van der Waals surface area (Å²) < 4.78 is 39.5. The van der Waals surface area contributed by atoms with Crippen LogP contribution in [0.5, 0.6) is 0 Å². The Bertz CT molecular complexity index is 698. The molecule has 114 valence electrons. The first-order valence-corrected chi connectivity index (χ1v) is 7.15. The van der Waals surface area contributed by atoms with Gasteiger partial charge in [0.15, 0.2) is 5.60 Å². The Balaban J connectivity index is 2.26. The van der Waals surface area contributed by atoms with Crippen LogP contribution in [0.15, 0.2) is 12.1 Å². The number of aromatic amines is 1. The van der Waals surface area contributed by atoms with Crippen molar-refractivity contribution in [2.75, 3.05) is 0 Å². The largest absolute Gasteiger partial charge is 0.421 e. The van der Waals surface area contributed by atoms with Crippen molar-refractivity contribution in [2.45, 2.75) is 51.3 Å². The lowest BCUT2D eigenvalue weighted by atomic mass is 9.87. The Morgan fingerprint density at radius 2 is 1.67 bits per heavy atom. The number of aromatic nitrogens is 1. The van der Waals surface area contributed by atoms with Crippen molar-refractivity contribution in [1.82, 2.24) is 4.98 Å². The number of fused-ring (bicyclic) bond motifs is 2. The van der Waals surface area contributed by atoms with Crippen molar-refractivity contribution in [2.24, 2.45) is 0 Å². The van der Waals surface area contributed by atoms with E-state index in [2.05, 4.69) is 4.98 Å². The topological polar surface area (TPSA) is 36.0 Å². The number of H-pyrrole nitrogens is 1. The molecule has 1 aliphatic rings. The maximum Gasteiger partial charge on any atom is 0.421 e. The monoisotopic (exact) mass is 297 g/mol. The summed E-state index contributed by atoms with van der Waals surface area (Å²) in [6.45, 7) is 2.40. The van der Waals surface area contributed by atoms with Gasteiger partial charge in [-0.05, 0) is 62.8 Å². The molecule has 0 amide bonds. The van der Waals surface area contributed by atoms with Crippen molar-refractivity contribution < 1.29 is 18.3 Å². The molecule has 1 aromatic heterocycles. The number of nitrogens with one attached hydrogen (secondary N) is 1. The first-order valence-electron chi connectivity index (χ1n) is 7.15. The summed E-state index contributed by atoms with van der Waals surface area (Å²) >= 11 is 0. The second-order valence-corrected chi connectivity index (χ2v) is 6.07. The Morgan fingerprint density at radius 1 is 1.10 bits per heavy atom. The average Bonchev–Trinajstić information content (AvgIpc) is 2.69. The molecule has 0 spiro atoms. The van der Waals surface area contributed by atoms with Gasteiger partial charge < -0.3 is 10.1 Å². The molecule has 5 heteroatoms. The molecule has 1 atom stereocenters. The van der Waals surface area contributed by atoms with E-state index in [0.29, 0.717) is 16.6 Å². The Morgan fingerprint density at radius 3 is 2.24 bits per heavy atom. The molecule has 0 fully saturated rings. The van der Waals surface area contributed by atoms with E-state index < -0.39 is 11.8 Å². The van der Waals surface area contributed by atoms with Gasteiger partial charge in [0.05, 0.1) is 0 Å². The standard InChI is InChI=1S/C16H18F3NO/c1-9-14(15(2,21)16(17,18)19)12-7-10-5-3-4-6-11(10)8-13(12)20-9/h7-8,20-21H,3-6H2,1-2H3. The molecule has 0 saturated carbocycles. The summed E-state index contributed by atoms with van der Waals surface area (Å²) in [6.07, 6.45) is -0.668. The van der Waals surface area contributed by atoms with Gasteiger partial charge in [0.2, 0.25) is 0 Å². The van der Waals surface area contributed by atoms with Crippen molar-refractivity contribution in [3.05, 3.63) is 34.5 Å². The van der Waals surface area contributed by atoms with Gasteiger partial charge in [-0.2, -0.15) is 13.2 Å². The van der Waals surface area contributed by atoms with E-state index >= 15 is 0 Å². The van der Waals surface area contributed by atoms with E-state index in [4.69, 9.17) is 0 Å². The maximum atomic E-state index is 13.2. The second kappa shape index (κ2) is 4.50. The number of aliphatic hydroxyl groups is 1. The van der Waals surface area contributed by atoms with Crippen LogP contribution >= 0.6 is 0 Å². The van der Waals surface area contributed by atoms with E-state index in [1.165, 1.54) is 5.56 Å². The van der Waals surface area contributed by atoms with Gasteiger partial charge in [-0.3, -0.25) is 0 Å². The highest BCUT2D eigenvalue weighted by Gasteiger charge is 2.53. The molecule has 21 heavy (non-hydrogen) atoms. The minimum atomic E-state index is -4.71. The van der Waals surface area contributed by atoms with Crippen LogP contribution in [0.4, 0.5) is 13.2 Å². The number of halogens is 3. The third kappa shape index (κ3) is 2.14. The smallest absolute Gasteiger partial charge is 0.376 e. The lowest BCUT2D eigenvalue weighted by Crippen LogP contribution is -2.39. The molecule has 2 N–H and O–H groups in total. The Labute approximate surface area is 121 Å². The van der Waals surface area contributed by atoms with Gasteiger partial charge in [0, 0.05) is 22.2 Å². The fraction of sp³-hybridized carbons (Fsp3) is 0.500. The van der Waals surface area contributed by atoms with Crippen LogP contribution in [-0.4, -0.2) is 16.3 Å². The van der Waals surface area contributed by atoms with Crippen LogP contribution in [0, 0.1) is 6.92 Å². The number of rotatable bonds is 1. The highest BCUT2D eigenvalue weighted by molar-refractivity contribution is 5.87. The number of aryl methyl sites for hydroxylation is 3. The second-order valence-electron chi connectivity index (χ2n) is 6.07. The third-order valence-electron chi connectivity index (χ3n) is 4.49. The molecule has 1 unspecified atom stereocenters. The van der Waals surface area contributed by atoms with Crippen LogP contribution in [0.1, 0.15) is 42.1 Å². The zero-order chi connectivity index (χ0) is 15.4. The molecule has 1 aliphatic carbocycles. The summed E-state index contributed by atoms with van der Waals surface area (Å²) in [4.78, 5) is 3.00. The van der Waals surface area contributed by atoms with E-state index in [1.54, 1.807) is 6.92 Å². The van der Waals surface area contributed by atoms with Crippen molar-refractivity contribution in [3.63, 3.8) is 0 Å². The average molecular weight is 297 g/mol. The number of alkyl halides is 3. The molecule has 1 aromatic carbocycles. The zero-order valence-corrected chi connectivity index (χ0v) is 12.1. The minimum absolute atomic E-state index is 0.0571. The van der Waals surface area contributed by atoms with Gasteiger partial charge in [-0.15, -0.1) is 0 Å². The van der Waals surface area contributed by atoms with Crippen LogP contribution < -0.4 is 0 Å². The predicted octanol–water partition coefficient (Wildman–Crippen LogP) is 4.12. The van der Waals surface area contributed by atoms with E-state index in [1.807, 2.05) is 12.1 Å². The van der Waals surface area contributed by atoms with Crippen LogP contribution in [0.25, 0.3) is 10.9 Å². The first-order chi connectivity index (χ1) is 9.72. The summed E-state index contributed by atoms with van der Waals surface area (Å²) in [6, 6.07) is 3.76. The van der Waals surface area contributed by atoms with Crippen molar-refractivity contribution >= 4 is 10.9 Å². The lowest BCUT2D eigenvalue weighted by molar-refractivity contribution is -0.258. The molecule has 0 radical (unpaired) electrons. The molecule has 1 heterocycles. The summed E-state index contributed by atoms with van der Waals surface area (Å²) in [5.74, 6) is 0. The zero-order valence-electron chi connectivity index (χ0n) is 12.1. The fourth-order valence-electron chi connectivity index (χ4n) is 3.33. The molecule has 2 aromatic rings. The van der Waals surface area contributed by atoms with Crippen molar-refractivity contribution in [3.8, 4) is 0 Å².